The number of hydroxylamine groups is 2. The van der Waals surface area contributed by atoms with E-state index in [1.54, 1.807) is 14.2 Å². The Hall–Kier alpha value is -1.33. The van der Waals surface area contributed by atoms with E-state index in [1.807, 2.05) is 19.1 Å². The first-order valence-electron chi connectivity index (χ1n) is 28.9. The Morgan fingerprint density at radius 3 is 1.41 bits per heavy atom. The van der Waals surface area contributed by atoms with Crippen molar-refractivity contribution in [2.45, 2.75) is 216 Å². The molecule has 0 bridgehead atoms. The second-order valence-electron chi connectivity index (χ2n) is 27.2. The van der Waals surface area contributed by atoms with Crippen LogP contribution in [0.2, 0.25) is 0 Å². The van der Waals surface area contributed by atoms with Crippen LogP contribution in [0.15, 0.2) is 36.4 Å². The summed E-state index contributed by atoms with van der Waals surface area (Å²) in [6.45, 7) is 24.4. The van der Waals surface area contributed by atoms with Crippen molar-refractivity contribution >= 4 is 34.7 Å². The van der Waals surface area contributed by atoms with Crippen LogP contribution in [-0.2, 0) is 14.4 Å². The standard InChI is InChI=1S/C29H42O2.C23H39NO3.C8H9.C4H8O.CH4.BrH.Mg/c1-18-14-19(2)16-20(15-18)26(30)25-9-8-23-22-7-6-21-17-27(3,31)12-13-28(21,4)24(22)10-11-29(23,25)5;1-21(26)12-13-22(2)15(14-21)6-7-16-17-8-9-19(20(25)24(4)27-5)23(17,3)11-10-18(16)22;1-7-4-3-5-8(2)6-7;1-2-4-5-3-1;;;/h14-16,21-25,31H,6-13,17H2,1-5H3;15-19,26H,6-14H2,1-5H3;4-6H,1-2H3;1-4H2;1H4;1H;/q;;-1;;;;+2/p-1/t21-,22+,23+,24+,25-,27-,28+,29+;15-,16+,17+,18+,19-,21-,22+,23+;;;;;/m11...../s1. The first kappa shape index (κ1) is 63.5. The molecule has 74 heavy (non-hydrogen) atoms. The molecule has 9 heteroatoms. The van der Waals surface area contributed by atoms with E-state index in [1.165, 1.54) is 117 Å². The molecule has 0 radical (unpaired) electrons. The van der Waals surface area contributed by atoms with Crippen molar-refractivity contribution in [1.29, 1.82) is 0 Å². The van der Waals surface area contributed by atoms with Crippen LogP contribution in [-0.4, -0.2) is 88.6 Å². The number of nitrogens with zero attached hydrogens (tertiary/aromatic N) is 1. The minimum absolute atomic E-state index is 0. The van der Waals surface area contributed by atoms with Crippen LogP contribution in [0.5, 0.6) is 0 Å². The maximum atomic E-state index is 13.7. The maximum absolute atomic E-state index is 13.7. The molecule has 11 rings (SSSR count). The molecule has 1 aliphatic heterocycles. The largest absolute Gasteiger partial charge is 2.00 e. The minimum Gasteiger partial charge on any atom is -1.00 e. The Morgan fingerprint density at radius 2 is 1.00 bits per heavy atom. The quantitative estimate of drug-likeness (QED) is 0.137. The Bertz CT molecular complexity index is 2150. The fourth-order valence-corrected chi connectivity index (χ4v) is 18.6. The predicted molar refractivity (Wildman–Crippen MR) is 299 cm³/mol. The summed E-state index contributed by atoms with van der Waals surface area (Å²) < 4.78 is 4.94. The van der Waals surface area contributed by atoms with Crippen LogP contribution in [0.1, 0.15) is 210 Å². The number of carbonyl (C=O) groups excluding carboxylic acids is 2. The zero-order chi connectivity index (χ0) is 51.3. The van der Waals surface area contributed by atoms with Crippen molar-refractivity contribution in [3.05, 3.63) is 70.3 Å². The van der Waals surface area contributed by atoms with Crippen LogP contribution in [0, 0.1) is 115 Å². The molecular weight excluding hydrogens is 995 g/mol. The number of aliphatic hydroxyl groups is 2. The third kappa shape index (κ3) is 12.8. The van der Waals surface area contributed by atoms with Gasteiger partial charge in [-0.1, -0.05) is 66.2 Å². The molecule has 1 saturated heterocycles. The number of hydrogen-bond acceptors (Lipinski definition) is 6. The molecule has 1 heterocycles. The van der Waals surface area contributed by atoms with Gasteiger partial charge in [0.2, 0.25) is 5.91 Å². The number of amides is 1. The molecule has 412 valence electrons. The van der Waals surface area contributed by atoms with Gasteiger partial charge in [-0.3, -0.25) is 14.4 Å². The second kappa shape index (κ2) is 25.0. The Labute approximate surface area is 477 Å². The van der Waals surface area contributed by atoms with Gasteiger partial charge < -0.3 is 31.9 Å². The third-order valence-electron chi connectivity index (χ3n) is 22.5. The molecule has 1 amide bonds. The molecule has 0 aromatic heterocycles. The van der Waals surface area contributed by atoms with Crippen LogP contribution >= 0.6 is 0 Å². The van der Waals surface area contributed by atoms with Crippen LogP contribution < -0.4 is 17.0 Å². The molecular formula is C65H102BrMgNO6. The molecule has 2 aromatic carbocycles. The molecule has 0 spiro atoms. The molecule has 7 nitrogen and oxygen atoms in total. The van der Waals surface area contributed by atoms with Gasteiger partial charge in [0.1, 0.15) is 0 Å². The first-order valence-corrected chi connectivity index (χ1v) is 28.9. The van der Waals surface area contributed by atoms with Gasteiger partial charge >= 0.3 is 23.1 Å². The normalized spacial score (nSPS) is 41.1. The molecule has 9 fully saturated rings. The summed E-state index contributed by atoms with van der Waals surface area (Å²) in [5, 5.41) is 22.8. The van der Waals surface area contributed by atoms with Gasteiger partial charge in [0, 0.05) is 37.7 Å². The molecule has 0 unspecified atom stereocenters. The SMILES string of the molecule is C.C1CCOC1.CON(C)C(=O)[C@H]1CC[C@H]2[C@@H]3CC[C@@H]4C[C@](C)(O)CC[C@]4(C)[C@H]3CC[C@]12C.Cc1c[c-]cc(C)c1.Cc1cc(C)cc(C(=O)[C@H]2CC[C@H]3[C@@H]4CC[C@@H]5C[C@](C)(O)CC[C@]5(C)[C@H]4CC[C@]23C)c1.[Br-].[Mg+2]. The van der Waals surface area contributed by atoms with E-state index in [-0.39, 0.29) is 76.0 Å². The fraction of sp³-hybridized carbons (Fsp3) is 0.785. The Morgan fingerprint density at radius 1 is 0.581 bits per heavy atom. The predicted octanol–water partition coefficient (Wildman–Crippen LogP) is 11.5. The van der Waals surface area contributed by atoms with E-state index in [0.717, 1.165) is 81.0 Å². The topological polar surface area (TPSA) is 96.3 Å². The summed E-state index contributed by atoms with van der Waals surface area (Å²) in [5.41, 5.74) is 6.06. The maximum Gasteiger partial charge on any atom is 2.00 e. The molecule has 8 aliphatic carbocycles. The molecule has 2 aromatic rings. The number of ketones is 1. The van der Waals surface area contributed by atoms with Gasteiger partial charge in [-0.15, -0.1) is 0 Å². The van der Waals surface area contributed by atoms with Crippen LogP contribution in [0.3, 0.4) is 0 Å². The van der Waals surface area contributed by atoms with Crippen molar-refractivity contribution < 1.29 is 46.4 Å². The molecule has 2 N–H and O–H groups in total. The van der Waals surface area contributed by atoms with Crippen molar-refractivity contribution in [3.8, 4) is 0 Å². The van der Waals surface area contributed by atoms with E-state index in [9.17, 15) is 19.8 Å². The van der Waals surface area contributed by atoms with Crippen LogP contribution in [0.25, 0.3) is 0 Å². The average molecular weight is 1100 g/mol. The molecule has 16 atom stereocenters. The van der Waals surface area contributed by atoms with Crippen LogP contribution in [0.4, 0.5) is 0 Å². The summed E-state index contributed by atoms with van der Waals surface area (Å²) in [6, 6.07) is 15.5. The zero-order valence-electron chi connectivity index (χ0n) is 47.9. The van der Waals surface area contributed by atoms with Crippen molar-refractivity contribution in [2.24, 2.45) is 80.8 Å². The zero-order valence-corrected chi connectivity index (χ0v) is 50.9. The van der Waals surface area contributed by atoms with Gasteiger partial charge in [0.15, 0.2) is 5.78 Å². The van der Waals surface area contributed by atoms with E-state index in [2.05, 4.69) is 92.6 Å². The first-order chi connectivity index (χ1) is 33.4. The summed E-state index contributed by atoms with van der Waals surface area (Å²) >= 11 is 0. The van der Waals surface area contributed by atoms with Gasteiger partial charge in [0.05, 0.1) is 18.3 Å². The second-order valence-corrected chi connectivity index (χ2v) is 27.2. The number of halogens is 1. The minimum atomic E-state index is -0.462. The summed E-state index contributed by atoms with van der Waals surface area (Å²) in [5.74, 6) is 6.72. The van der Waals surface area contributed by atoms with Crippen molar-refractivity contribution in [3.63, 3.8) is 0 Å². The average Bonchev–Trinajstić information content (AvgIpc) is 4.09. The van der Waals surface area contributed by atoms with Gasteiger partial charge in [-0.25, -0.2) is 5.06 Å². The Balaban J connectivity index is 0.000000214. The number of aryl methyl sites for hydroxylation is 4. The number of ether oxygens (including phenoxy) is 1. The fourth-order valence-electron chi connectivity index (χ4n) is 18.6. The molecule has 8 saturated carbocycles. The van der Waals surface area contributed by atoms with Gasteiger partial charge in [-0.05, 0) is 237 Å². The molecule has 9 aliphatic rings. The van der Waals surface area contributed by atoms with Crippen molar-refractivity contribution in [1.82, 2.24) is 5.06 Å². The number of hydrogen-bond donors (Lipinski definition) is 2. The Kier molecular flexibility index (Phi) is 21.4. The summed E-state index contributed by atoms with van der Waals surface area (Å²) in [7, 11) is 3.34. The number of carbonyl (C=O) groups is 2. The van der Waals surface area contributed by atoms with Gasteiger partial charge in [-0.2, -0.15) is 35.4 Å². The van der Waals surface area contributed by atoms with E-state index < -0.39 is 11.2 Å². The van der Waals surface area contributed by atoms with E-state index in [0.29, 0.717) is 40.3 Å². The van der Waals surface area contributed by atoms with Gasteiger partial charge in [0.25, 0.3) is 0 Å². The van der Waals surface area contributed by atoms with E-state index >= 15 is 0 Å². The van der Waals surface area contributed by atoms with E-state index in [4.69, 9.17) is 9.57 Å². The monoisotopic (exact) mass is 1100 g/mol. The number of fused-ring (bicyclic) bond motifs is 10. The number of Topliss-reactive ketones (excluding diaryl/α,β-unsaturated/α-hetero) is 1. The summed E-state index contributed by atoms with van der Waals surface area (Å²) in [4.78, 5) is 31.9. The third-order valence-corrected chi connectivity index (χ3v) is 22.5. The summed E-state index contributed by atoms with van der Waals surface area (Å²) in [6.07, 6.45) is 23.4. The number of rotatable bonds is 4. The smallest absolute Gasteiger partial charge is 1.00 e. The van der Waals surface area contributed by atoms with Crippen molar-refractivity contribution in [2.75, 3.05) is 27.4 Å². The number of benzene rings is 2.